The van der Waals surface area contributed by atoms with Crippen molar-refractivity contribution < 1.29 is 13.5 Å². The van der Waals surface area contributed by atoms with Crippen LogP contribution in [-0.2, 0) is 16.4 Å². The van der Waals surface area contributed by atoms with Crippen molar-refractivity contribution in [2.45, 2.75) is 38.8 Å². The molecule has 1 unspecified atom stereocenters. The quantitative estimate of drug-likeness (QED) is 0.798. The van der Waals surface area contributed by atoms with E-state index in [-0.39, 0.29) is 5.75 Å². The van der Waals surface area contributed by atoms with Gasteiger partial charge in [0.05, 0.1) is 12.3 Å². The Morgan fingerprint density at radius 1 is 1.53 bits per heavy atom. The van der Waals surface area contributed by atoms with Crippen molar-refractivity contribution >= 4 is 9.84 Å². The van der Waals surface area contributed by atoms with Gasteiger partial charge < -0.3 is 5.11 Å². The summed E-state index contributed by atoms with van der Waals surface area (Å²) >= 11 is 0. The van der Waals surface area contributed by atoms with Crippen LogP contribution in [0.4, 0.5) is 0 Å². The van der Waals surface area contributed by atoms with Crippen molar-refractivity contribution in [3.8, 4) is 0 Å². The monoisotopic (exact) mass is 260 g/mol. The fourth-order valence-electron chi connectivity index (χ4n) is 1.61. The van der Waals surface area contributed by atoms with Gasteiger partial charge in [-0.3, -0.25) is 4.68 Å². The Morgan fingerprint density at radius 3 is 2.82 bits per heavy atom. The zero-order chi connectivity index (χ0) is 12.9. The highest BCUT2D eigenvalue weighted by Crippen LogP contribution is 2.17. The maximum Gasteiger partial charge on any atom is 0.147 e. The molecule has 0 radical (unpaired) electrons. The third-order valence-electron chi connectivity index (χ3n) is 2.48. The van der Waals surface area contributed by atoms with Crippen LogP contribution in [0.3, 0.4) is 0 Å². The summed E-state index contributed by atoms with van der Waals surface area (Å²) in [4.78, 5) is 0. The summed E-state index contributed by atoms with van der Waals surface area (Å²) in [6, 6.07) is 0. The molecule has 1 rings (SSSR count). The second-order valence-electron chi connectivity index (χ2n) is 4.32. The minimum atomic E-state index is -2.94. The van der Waals surface area contributed by atoms with Gasteiger partial charge in [0.2, 0.25) is 0 Å². The molecule has 0 amide bonds. The van der Waals surface area contributed by atoms with Crippen LogP contribution in [0.25, 0.3) is 0 Å². The fourth-order valence-corrected chi connectivity index (χ4v) is 2.30. The number of aliphatic hydroxyl groups excluding tert-OH is 1. The van der Waals surface area contributed by atoms with E-state index in [1.165, 1.54) is 6.26 Å². The van der Waals surface area contributed by atoms with Gasteiger partial charge in [-0.2, -0.15) is 5.10 Å². The second kappa shape index (κ2) is 6.16. The van der Waals surface area contributed by atoms with Gasteiger partial charge in [0.15, 0.2) is 0 Å². The standard InChI is InChI=1S/C11H20N2O3S/c1-3-6-13-9-10(8-12-13)11(14)5-4-7-17(2,15)16/h8-9,11,14H,3-7H2,1-2H3. The molecule has 5 nitrogen and oxygen atoms in total. The molecule has 0 aliphatic heterocycles. The lowest BCUT2D eigenvalue weighted by atomic mass is 10.1. The predicted molar refractivity (Wildman–Crippen MR) is 66.4 cm³/mol. The molecule has 17 heavy (non-hydrogen) atoms. The average Bonchev–Trinajstić information content (AvgIpc) is 2.65. The number of aliphatic hydroxyl groups is 1. The van der Waals surface area contributed by atoms with E-state index in [1.807, 2.05) is 6.20 Å². The molecule has 0 fully saturated rings. The number of aryl methyl sites for hydroxylation is 1. The Hall–Kier alpha value is -0.880. The molecule has 1 atom stereocenters. The summed E-state index contributed by atoms with van der Waals surface area (Å²) in [7, 11) is -2.94. The van der Waals surface area contributed by atoms with E-state index in [1.54, 1.807) is 10.9 Å². The lowest BCUT2D eigenvalue weighted by molar-refractivity contribution is 0.166. The topological polar surface area (TPSA) is 72.2 Å². The van der Waals surface area contributed by atoms with Crippen LogP contribution in [0.2, 0.25) is 0 Å². The Kier molecular flexibility index (Phi) is 5.14. The first-order valence-electron chi connectivity index (χ1n) is 5.80. The van der Waals surface area contributed by atoms with E-state index < -0.39 is 15.9 Å². The van der Waals surface area contributed by atoms with Gasteiger partial charge in [0, 0.05) is 30.3 Å². The van der Waals surface area contributed by atoms with Crippen molar-refractivity contribution in [2.75, 3.05) is 12.0 Å². The number of aromatic nitrogens is 2. The van der Waals surface area contributed by atoms with Gasteiger partial charge in [-0.05, 0) is 19.3 Å². The van der Waals surface area contributed by atoms with Gasteiger partial charge in [-0.15, -0.1) is 0 Å². The number of rotatable bonds is 7. The summed E-state index contributed by atoms with van der Waals surface area (Å²) in [5.74, 6) is 0.118. The molecule has 0 bridgehead atoms. The SMILES string of the molecule is CCCn1cc(C(O)CCCS(C)(=O)=O)cn1. The number of nitrogens with zero attached hydrogens (tertiary/aromatic N) is 2. The molecule has 98 valence electrons. The molecule has 0 spiro atoms. The number of hydrogen-bond donors (Lipinski definition) is 1. The first-order valence-corrected chi connectivity index (χ1v) is 7.86. The van der Waals surface area contributed by atoms with Gasteiger partial charge in [-0.25, -0.2) is 8.42 Å². The van der Waals surface area contributed by atoms with Gasteiger partial charge in [-0.1, -0.05) is 6.92 Å². The zero-order valence-corrected chi connectivity index (χ0v) is 11.2. The molecule has 0 aliphatic carbocycles. The molecule has 1 N–H and O–H groups in total. The Bertz CT molecular complexity index is 439. The maximum absolute atomic E-state index is 10.9. The van der Waals surface area contributed by atoms with Crippen LogP contribution in [0.5, 0.6) is 0 Å². The van der Waals surface area contributed by atoms with E-state index >= 15 is 0 Å². The van der Waals surface area contributed by atoms with Crippen molar-refractivity contribution in [3.05, 3.63) is 18.0 Å². The lowest BCUT2D eigenvalue weighted by Gasteiger charge is -2.07. The van der Waals surface area contributed by atoms with E-state index in [9.17, 15) is 13.5 Å². The highest BCUT2D eigenvalue weighted by atomic mass is 32.2. The van der Waals surface area contributed by atoms with Crippen molar-refractivity contribution in [2.24, 2.45) is 0 Å². The van der Waals surface area contributed by atoms with Gasteiger partial charge in [0.1, 0.15) is 9.84 Å². The van der Waals surface area contributed by atoms with Gasteiger partial charge >= 0.3 is 0 Å². The summed E-state index contributed by atoms with van der Waals surface area (Å²) in [5.41, 5.74) is 0.756. The lowest BCUT2D eigenvalue weighted by Crippen LogP contribution is -2.05. The van der Waals surface area contributed by atoms with Crippen molar-refractivity contribution in [3.63, 3.8) is 0 Å². The van der Waals surface area contributed by atoms with Crippen LogP contribution in [0.1, 0.15) is 37.9 Å². The smallest absolute Gasteiger partial charge is 0.147 e. The first kappa shape index (κ1) is 14.2. The molecular weight excluding hydrogens is 240 g/mol. The largest absolute Gasteiger partial charge is 0.388 e. The molecule has 1 heterocycles. The van der Waals surface area contributed by atoms with Crippen LogP contribution in [-0.4, -0.2) is 35.3 Å². The predicted octanol–water partition coefficient (Wildman–Crippen LogP) is 1.15. The van der Waals surface area contributed by atoms with Crippen molar-refractivity contribution in [1.29, 1.82) is 0 Å². The molecule has 6 heteroatoms. The maximum atomic E-state index is 10.9. The Morgan fingerprint density at radius 2 is 2.24 bits per heavy atom. The minimum Gasteiger partial charge on any atom is -0.388 e. The van der Waals surface area contributed by atoms with Crippen LogP contribution in [0.15, 0.2) is 12.4 Å². The van der Waals surface area contributed by atoms with Crippen molar-refractivity contribution in [1.82, 2.24) is 9.78 Å². The molecule has 0 saturated carbocycles. The molecule has 0 aromatic carbocycles. The van der Waals surface area contributed by atoms with E-state index in [2.05, 4.69) is 12.0 Å². The molecule has 0 saturated heterocycles. The summed E-state index contributed by atoms with van der Waals surface area (Å²) < 4.78 is 23.7. The van der Waals surface area contributed by atoms with Gasteiger partial charge in [0.25, 0.3) is 0 Å². The van der Waals surface area contributed by atoms with E-state index in [0.717, 1.165) is 18.5 Å². The average molecular weight is 260 g/mol. The highest BCUT2D eigenvalue weighted by molar-refractivity contribution is 7.90. The fraction of sp³-hybridized carbons (Fsp3) is 0.727. The summed E-state index contributed by atoms with van der Waals surface area (Å²) in [6.45, 7) is 2.89. The number of sulfone groups is 1. The zero-order valence-electron chi connectivity index (χ0n) is 10.3. The minimum absolute atomic E-state index is 0.118. The normalized spacial score (nSPS) is 13.8. The molecule has 0 aliphatic rings. The van der Waals surface area contributed by atoms with Crippen LogP contribution >= 0.6 is 0 Å². The highest BCUT2D eigenvalue weighted by Gasteiger charge is 2.11. The van der Waals surface area contributed by atoms with Crippen LogP contribution < -0.4 is 0 Å². The third kappa shape index (κ3) is 5.32. The molecule has 1 aromatic rings. The molecule has 1 aromatic heterocycles. The Labute approximate surface area is 102 Å². The first-order chi connectivity index (χ1) is 7.92. The summed E-state index contributed by atoms with van der Waals surface area (Å²) in [5, 5.41) is 14.0. The Balaban J connectivity index is 2.43. The summed E-state index contributed by atoms with van der Waals surface area (Å²) in [6.07, 6.45) is 5.95. The third-order valence-corrected chi connectivity index (χ3v) is 3.51. The number of hydrogen-bond acceptors (Lipinski definition) is 4. The van der Waals surface area contributed by atoms with Crippen LogP contribution in [0, 0.1) is 0 Å². The molecular formula is C11H20N2O3S. The van der Waals surface area contributed by atoms with E-state index in [4.69, 9.17) is 0 Å². The van der Waals surface area contributed by atoms with E-state index in [0.29, 0.717) is 12.8 Å². The second-order valence-corrected chi connectivity index (χ2v) is 6.58.